The first kappa shape index (κ1) is 13.2. The number of methoxy groups -OCH3 is 1. The van der Waals surface area contributed by atoms with Gasteiger partial charge in [0.15, 0.2) is 0 Å². The quantitative estimate of drug-likeness (QED) is 0.870. The van der Waals surface area contributed by atoms with Crippen LogP contribution in [0.25, 0.3) is 6.08 Å². The van der Waals surface area contributed by atoms with Crippen molar-refractivity contribution in [1.29, 1.82) is 0 Å². The number of rotatable bonds is 3. The largest absolute Gasteiger partial charge is 0.495 e. The molecular weight excluding hydrogens is 276 g/mol. The van der Waals surface area contributed by atoms with Gasteiger partial charge in [0.1, 0.15) is 17.3 Å². The Balaban J connectivity index is 1.85. The number of nitrogens with one attached hydrogen (secondary N) is 1. The van der Waals surface area contributed by atoms with Crippen LogP contribution in [0.4, 0.5) is 0 Å². The van der Waals surface area contributed by atoms with E-state index in [0.717, 1.165) is 24.2 Å². The monoisotopic (exact) mass is 290 g/mol. The summed E-state index contributed by atoms with van der Waals surface area (Å²) < 4.78 is 5.10. The average Bonchev–Trinajstić information content (AvgIpc) is 2.68. The lowest BCUT2D eigenvalue weighted by Crippen LogP contribution is -2.33. The topological polar surface area (TPSA) is 50.7 Å². The second-order valence-electron chi connectivity index (χ2n) is 5.00. The van der Waals surface area contributed by atoms with Crippen molar-refractivity contribution >= 4 is 29.4 Å². The number of carbonyl (C=O) groups excluding carboxylic acids is 1. The smallest absolute Gasteiger partial charge is 0.275 e. The van der Waals surface area contributed by atoms with Crippen molar-refractivity contribution in [1.82, 2.24) is 5.32 Å². The maximum atomic E-state index is 11.9. The van der Waals surface area contributed by atoms with Gasteiger partial charge in [-0.05, 0) is 36.6 Å². The molecule has 4 nitrogen and oxygen atoms in total. The van der Waals surface area contributed by atoms with Gasteiger partial charge in [0.05, 0.1) is 12.1 Å². The van der Waals surface area contributed by atoms with Crippen molar-refractivity contribution in [3.63, 3.8) is 0 Å². The third-order valence-electron chi connectivity index (χ3n) is 3.69. The van der Waals surface area contributed by atoms with Gasteiger partial charge in [0.2, 0.25) is 0 Å². The number of amidine groups is 1. The molecule has 0 atom stereocenters. The van der Waals surface area contributed by atoms with Gasteiger partial charge < -0.3 is 10.1 Å². The van der Waals surface area contributed by atoms with Crippen molar-refractivity contribution < 1.29 is 9.53 Å². The molecule has 1 aromatic rings. The lowest BCUT2D eigenvalue weighted by Gasteiger charge is -2.24. The van der Waals surface area contributed by atoms with E-state index in [-0.39, 0.29) is 5.91 Å². The molecule has 1 aliphatic carbocycles. The summed E-state index contributed by atoms with van der Waals surface area (Å²) in [4.78, 5) is 16.3. The summed E-state index contributed by atoms with van der Waals surface area (Å²) in [5, 5.41) is 3.37. The highest BCUT2D eigenvalue weighted by Crippen LogP contribution is 2.30. The molecule has 20 heavy (non-hydrogen) atoms. The fourth-order valence-corrected chi connectivity index (χ4v) is 2.56. The van der Waals surface area contributed by atoms with Gasteiger partial charge in [0, 0.05) is 5.92 Å². The second-order valence-corrected chi connectivity index (χ2v) is 5.41. The zero-order chi connectivity index (χ0) is 14.1. The molecule has 1 aliphatic heterocycles. The van der Waals surface area contributed by atoms with Crippen LogP contribution in [-0.4, -0.2) is 18.9 Å². The van der Waals surface area contributed by atoms with Gasteiger partial charge in [-0.3, -0.25) is 4.79 Å². The number of hydrogen-bond acceptors (Lipinski definition) is 3. The predicted octanol–water partition coefficient (Wildman–Crippen LogP) is 3.02. The van der Waals surface area contributed by atoms with Crippen LogP contribution in [0, 0.1) is 5.92 Å². The molecule has 0 aromatic heterocycles. The van der Waals surface area contributed by atoms with E-state index in [2.05, 4.69) is 10.3 Å². The highest BCUT2D eigenvalue weighted by atomic mass is 35.5. The number of nitrogens with zero attached hydrogens (tertiary/aromatic N) is 1. The van der Waals surface area contributed by atoms with Gasteiger partial charge in [0.25, 0.3) is 5.91 Å². The summed E-state index contributed by atoms with van der Waals surface area (Å²) in [6.45, 7) is 0. The van der Waals surface area contributed by atoms with Gasteiger partial charge >= 0.3 is 0 Å². The average molecular weight is 291 g/mol. The van der Waals surface area contributed by atoms with Crippen LogP contribution in [0.5, 0.6) is 5.75 Å². The molecule has 1 saturated carbocycles. The fourth-order valence-electron chi connectivity index (χ4n) is 2.29. The van der Waals surface area contributed by atoms with Crippen LogP contribution in [0.1, 0.15) is 24.8 Å². The normalized spacial score (nSPS) is 20.6. The van der Waals surface area contributed by atoms with Crippen molar-refractivity contribution in [2.45, 2.75) is 19.3 Å². The predicted molar refractivity (Wildman–Crippen MR) is 78.9 cm³/mol. The van der Waals surface area contributed by atoms with Crippen molar-refractivity contribution in [2.75, 3.05) is 7.11 Å². The number of amides is 1. The van der Waals surface area contributed by atoms with Crippen LogP contribution in [0.2, 0.25) is 5.02 Å². The molecule has 1 amide bonds. The number of halogens is 1. The maximum absolute atomic E-state index is 11.9. The van der Waals surface area contributed by atoms with Gasteiger partial charge in [-0.1, -0.05) is 24.1 Å². The van der Waals surface area contributed by atoms with E-state index in [1.807, 2.05) is 6.07 Å². The Bertz CT molecular complexity index is 618. The summed E-state index contributed by atoms with van der Waals surface area (Å²) in [6.07, 6.45) is 5.18. The number of hydrogen-bond donors (Lipinski definition) is 1. The molecule has 3 rings (SSSR count). The summed E-state index contributed by atoms with van der Waals surface area (Å²) in [5.74, 6) is 1.71. The van der Waals surface area contributed by atoms with E-state index < -0.39 is 0 Å². The van der Waals surface area contributed by atoms with Gasteiger partial charge in [-0.15, -0.1) is 0 Å². The highest BCUT2D eigenvalue weighted by molar-refractivity contribution is 6.32. The first-order chi connectivity index (χ1) is 9.67. The fraction of sp³-hybridized carbons (Fsp3) is 0.333. The van der Waals surface area contributed by atoms with E-state index in [0.29, 0.717) is 22.4 Å². The summed E-state index contributed by atoms with van der Waals surface area (Å²) >= 11 is 6.07. The van der Waals surface area contributed by atoms with E-state index >= 15 is 0 Å². The van der Waals surface area contributed by atoms with E-state index in [1.165, 1.54) is 6.42 Å². The number of ether oxygens (including phenoxy) is 1. The molecular formula is C15H15ClN2O2. The molecule has 0 spiro atoms. The molecule has 1 N–H and O–H groups in total. The van der Waals surface area contributed by atoms with Crippen LogP contribution in [0.15, 0.2) is 28.9 Å². The van der Waals surface area contributed by atoms with Crippen LogP contribution in [-0.2, 0) is 4.79 Å². The summed E-state index contributed by atoms with van der Waals surface area (Å²) in [5.41, 5.74) is 1.27. The zero-order valence-corrected chi connectivity index (χ0v) is 11.9. The van der Waals surface area contributed by atoms with E-state index in [1.54, 1.807) is 25.3 Å². The molecule has 0 radical (unpaired) electrons. The van der Waals surface area contributed by atoms with Gasteiger partial charge in [-0.2, -0.15) is 0 Å². The molecule has 2 aliphatic rings. The SMILES string of the molecule is COc1ccc(/C=C2/N=C(C3CCC3)NC2=O)cc1Cl. The first-order valence-electron chi connectivity index (χ1n) is 6.62. The Labute approximate surface area is 122 Å². The Morgan fingerprint density at radius 2 is 2.25 bits per heavy atom. The molecule has 104 valence electrons. The van der Waals surface area contributed by atoms with Crippen LogP contribution in [0.3, 0.4) is 0 Å². The third kappa shape index (κ3) is 2.43. The molecule has 0 saturated heterocycles. The second kappa shape index (κ2) is 5.29. The summed E-state index contributed by atoms with van der Waals surface area (Å²) in [7, 11) is 1.57. The third-order valence-corrected chi connectivity index (χ3v) is 3.98. The van der Waals surface area contributed by atoms with Crippen molar-refractivity contribution in [2.24, 2.45) is 10.9 Å². The summed E-state index contributed by atoms with van der Waals surface area (Å²) in [6, 6.07) is 5.39. The molecule has 1 aromatic carbocycles. The molecule has 5 heteroatoms. The number of benzene rings is 1. The molecule has 1 heterocycles. The Kier molecular flexibility index (Phi) is 3.49. The maximum Gasteiger partial charge on any atom is 0.275 e. The first-order valence-corrected chi connectivity index (χ1v) is 7.00. The van der Waals surface area contributed by atoms with Crippen LogP contribution < -0.4 is 10.1 Å². The van der Waals surface area contributed by atoms with E-state index in [9.17, 15) is 4.79 Å². The minimum atomic E-state index is -0.140. The van der Waals surface area contributed by atoms with E-state index in [4.69, 9.17) is 16.3 Å². The minimum Gasteiger partial charge on any atom is -0.495 e. The highest BCUT2D eigenvalue weighted by Gasteiger charge is 2.30. The standard InChI is InChI=1S/C15H15ClN2O2/c1-20-13-6-5-9(7-11(13)16)8-12-15(19)18-14(17-12)10-3-2-4-10/h5-8,10H,2-4H2,1H3,(H,17,18,19)/b12-8+. The Morgan fingerprint density at radius 1 is 1.45 bits per heavy atom. The molecule has 0 unspecified atom stereocenters. The number of carbonyl (C=O) groups is 1. The van der Waals surface area contributed by atoms with Crippen molar-refractivity contribution in [3.8, 4) is 5.75 Å². The minimum absolute atomic E-state index is 0.140. The Hall–Kier alpha value is -1.81. The Morgan fingerprint density at radius 3 is 2.85 bits per heavy atom. The number of aliphatic imine (C=N–C) groups is 1. The molecule has 0 bridgehead atoms. The van der Waals surface area contributed by atoms with Crippen molar-refractivity contribution in [3.05, 3.63) is 34.5 Å². The molecule has 1 fully saturated rings. The van der Waals surface area contributed by atoms with Gasteiger partial charge in [-0.25, -0.2) is 4.99 Å². The lowest BCUT2D eigenvalue weighted by atomic mass is 9.84. The lowest BCUT2D eigenvalue weighted by molar-refractivity contribution is -0.115. The zero-order valence-electron chi connectivity index (χ0n) is 11.1. The van der Waals surface area contributed by atoms with Crippen LogP contribution >= 0.6 is 11.6 Å².